The van der Waals surface area contributed by atoms with Gasteiger partial charge in [0, 0.05) is 6.20 Å². The molecule has 2 aromatic rings. The van der Waals surface area contributed by atoms with E-state index in [4.69, 9.17) is 0 Å². The molecule has 0 radical (unpaired) electrons. The maximum absolute atomic E-state index is 13.6. The Balaban J connectivity index is 2.42. The number of hydrogen-bond acceptors (Lipinski definition) is 3. The van der Waals surface area contributed by atoms with Crippen molar-refractivity contribution in [3.8, 4) is 0 Å². The molecule has 1 aromatic carbocycles. The number of rotatable bonds is 4. The minimum absolute atomic E-state index is 0.141. The molecule has 0 aliphatic rings. The first-order valence-corrected chi connectivity index (χ1v) is 7.62. The zero-order chi connectivity index (χ0) is 14.8. The zero-order valence-electron chi connectivity index (χ0n) is 11.2. The first-order valence-electron chi connectivity index (χ1n) is 6.14. The largest absolute Gasteiger partial charge is 0.282 e. The molecule has 0 aliphatic heterocycles. The van der Waals surface area contributed by atoms with Crippen molar-refractivity contribution in [3.63, 3.8) is 0 Å². The Bertz CT molecular complexity index is 715. The van der Waals surface area contributed by atoms with Gasteiger partial charge in [-0.3, -0.25) is 4.72 Å². The maximum Gasteiger partial charge on any atom is 0.282 e. The number of halogens is 1. The van der Waals surface area contributed by atoms with E-state index in [9.17, 15) is 12.8 Å². The molecule has 0 saturated heterocycles. The van der Waals surface area contributed by atoms with E-state index in [1.54, 1.807) is 12.1 Å². The lowest BCUT2D eigenvalue weighted by atomic mass is 10.0. The zero-order valence-corrected chi connectivity index (χ0v) is 12.0. The minimum Gasteiger partial charge on any atom is -0.278 e. The second kappa shape index (κ2) is 5.58. The Morgan fingerprint density at radius 2 is 1.85 bits per heavy atom. The highest BCUT2D eigenvalue weighted by molar-refractivity contribution is 7.92. The molecule has 20 heavy (non-hydrogen) atoms. The van der Waals surface area contributed by atoms with Crippen molar-refractivity contribution in [1.82, 2.24) is 4.98 Å². The van der Waals surface area contributed by atoms with Gasteiger partial charge in [-0.25, -0.2) is 9.37 Å². The van der Waals surface area contributed by atoms with Gasteiger partial charge in [-0.05, 0) is 29.7 Å². The molecule has 0 atom stereocenters. The normalized spacial score (nSPS) is 11.6. The molecular weight excluding hydrogens is 279 g/mol. The van der Waals surface area contributed by atoms with E-state index in [-0.39, 0.29) is 5.92 Å². The lowest BCUT2D eigenvalue weighted by molar-refractivity contribution is 0.556. The summed E-state index contributed by atoms with van der Waals surface area (Å²) >= 11 is 0. The quantitative estimate of drug-likeness (QED) is 0.942. The van der Waals surface area contributed by atoms with Crippen LogP contribution in [-0.2, 0) is 10.0 Å². The van der Waals surface area contributed by atoms with Gasteiger partial charge in [0.2, 0.25) is 5.03 Å². The van der Waals surface area contributed by atoms with Crippen LogP contribution in [-0.4, -0.2) is 13.4 Å². The molecule has 1 aromatic heterocycles. The highest BCUT2D eigenvalue weighted by Crippen LogP contribution is 2.26. The third kappa shape index (κ3) is 2.96. The number of sulfonamides is 1. The summed E-state index contributed by atoms with van der Waals surface area (Å²) in [5, 5.41) is -0.599. The van der Waals surface area contributed by atoms with Crippen molar-refractivity contribution < 1.29 is 12.8 Å². The van der Waals surface area contributed by atoms with Crippen LogP contribution in [0.4, 0.5) is 10.1 Å². The van der Waals surface area contributed by atoms with Gasteiger partial charge in [0.05, 0.1) is 5.69 Å². The van der Waals surface area contributed by atoms with Crippen LogP contribution >= 0.6 is 0 Å². The first kappa shape index (κ1) is 14.5. The van der Waals surface area contributed by atoms with Gasteiger partial charge in [0.25, 0.3) is 10.0 Å². The third-order valence-electron chi connectivity index (χ3n) is 2.81. The Hall–Kier alpha value is -1.95. The average molecular weight is 294 g/mol. The van der Waals surface area contributed by atoms with Crippen LogP contribution in [0.15, 0.2) is 47.6 Å². The van der Waals surface area contributed by atoms with E-state index in [1.807, 2.05) is 26.0 Å². The molecule has 0 aliphatic carbocycles. The molecule has 2 rings (SSSR count). The Kier molecular flexibility index (Phi) is 4.04. The highest BCUT2D eigenvalue weighted by atomic mass is 32.2. The Labute approximate surface area is 117 Å². The second-order valence-corrected chi connectivity index (χ2v) is 6.24. The van der Waals surface area contributed by atoms with E-state index < -0.39 is 20.9 Å². The molecule has 4 nitrogen and oxygen atoms in total. The molecule has 6 heteroatoms. The number of pyridine rings is 1. The van der Waals surface area contributed by atoms with E-state index >= 15 is 0 Å². The molecule has 0 unspecified atom stereocenters. The van der Waals surface area contributed by atoms with Gasteiger partial charge in [0.15, 0.2) is 5.82 Å². The summed E-state index contributed by atoms with van der Waals surface area (Å²) in [5.41, 5.74) is 1.28. The summed E-state index contributed by atoms with van der Waals surface area (Å²) in [6, 6.07) is 9.43. The van der Waals surface area contributed by atoms with Crippen molar-refractivity contribution in [2.75, 3.05) is 4.72 Å². The van der Waals surface area contributed by atoms with Crippen molar-refractivity contribution in [2.45, 2.75) is 24.8 Å². The smallest absolute Gasteiger partial charge is 0.278 e. The average Bonchev–Trinajstić information content (AvgIpc) is 2.39. The van der Waals surface area contributed by atoms with Crippen LogP contribution < -0.4 is 4.72 Å². The summed E-state index contributed by atoms with van der Waals surface area (Å²) < 4.78 is 40.3. The van der Waals surface area contributed by atoms with Crippen LogP contribution in [0, 0.1) is 5.82 Å². The number of hydrogen-bond donors (Lipinski definition) is 1. The van der Waals surface area contributed by atoms with Crippen molar-refractivity contribution in [3.05, 3.63) is 54.0 Å². The minimum atomic E-state index is -4.04. The molecule has 0 saturated carbocycles. The fourth-order valence-electron chi connectivity index (χ4n) is 1.86. The molecular formula is C14H15FN2O2S. The molecule has 1 N–H and O–H groups in total. The van der Waals surface area contributed by atoms with Gasteiger partial charge < -0.3 is 0 Å². The number of benzene rings is 1. The van der Waals surface area contributed by atoms with E-state index in [2.05, 4.69) is 9.71 Å². The SMILES string of the molecule is CC(C)c1ccccc1NS(=O)(=O)c1ncccc1F. The summed E-state index contributed by atoms with van der Waals surface area (Å²) in [4.78, 5) is 3.60. The van der Waals surface area contributed by atoms with Crippen LogP contribution in [0.2, 0.25) is 0 Å². The monoisotopic (exact) mass is 294 g/mol. The fraction of sp³-hybridized carbons (Fsp3) is 0.214. The number of aromatic nitrogens is 1. The molecule has 106 valence electrons. The maximum atomic E-state index is 13.6. The van der Waals surface area contributed by atoms with Crippen LogP contribution in [0.25, 0.3) is 0 Å². The van der Waals surface area contributed by atoms with Crippen LogP contribution in [0.1, 0.15) is 25.3 Å². The fourth-order valence-corrected chi connectivity index (χ4v) is 2.95. The standard InChI is InChI=1S/C14H15FN2O2S/c1-10(2)11-6-3-4-8-13(11)17-20(18,19)14-12(15)7-5-9-16-14/h3-10,17H,1-2H3. The Morgan fingerprint density at radius 1 is 1.15 bits per heavy atom. The van der Waals surface area contributed by atoms with Crippen molar-refractivity contribution >= 4 is 15.7 Å². The number of nitrogens with zero attached hydrogens (tertiary/aromatic N) is 1. The lowest BCUT2D eigenvalue weighted by Crippen LogP contribution is -2.17. The first-order chi connectivity index (χ1) is 9.42. The van der Waals surface area contributed by atoms with Gasteiger partial charge in [-0.2, -0.15) is 8.42 Å². The summed E-state index contributed by atoms with van der Waals surface area (Å²) in [7, 11) is -4.04. The van der Waals surface area contributed by atoms with Gasteiger partial charge >= 0.3 is 0 Å². The van der Waals surface area contributed by atoms with Gasteiger partial charge in [-0.1, -0.05) is 32.0 Å². The number of para-hydroxylation sites is 1. The summed E-state index contributed by atoms with van der Waals surface area (Å²) in [5.74, 6) is -0.732. The summed E-state index contributed by atoms with van der Waals surface area (Å²) in [6.45, 7) is 3.91. The predicted molar refractivity (Wildman–Crippen MR) is 75.5 cm³/mol. The summed E-state index contributed by atoms with van der Waals surface area (Å²) in [6.07, 6.45) is 1.24. The molecule has 0 spiro atoms. The third-order valence-corrected chi connectivity index (χ3v) is 4.10. The molecule has 0 amide bonds. The van der Waals surface area contributed by atoms with E-state index in [1.165, 1.54) is 12.3 Å². The predicted octanol–water partition coefficient (Wildman–Crippen LogP) is 3.14. The molecule has 0 bridgehead atoms. The van der Waals surface area contributed by atoms with Gasteiger partial charge in [-0.15, -0.1) is 0 Å². The van der Waals surface area contributed by atoms with E-state index in [0.29, 0.717) is 5.69 Å². The Morgan fingerprint density at radius 3 is 2.50 bits per heavy atom. The molecule has 0 fully saturated rings. The van der Waals surface area contributed by atoms with Crippen molar-refractivity contribution in [1.29, 1.82) is 0 Å². The van der Waals surface area contributed by atoms with E-state index in [0.717, 1.165) is 11.6 Å². The number of nitrogens with one attached hydrogen (secondary N) is 1. The number of anilines is 1. The van der Waals surface area contributed by atoms with Crippen LogP contribution in [0.3, 0.4) is 0 Å². The van der Waals surface area contributed by atoms with Crippen LogP contribution in [0.5, 0.6) is 0 Å². The second-order valence-electron chi connectivity index (χ2n) is 4.64. The lowest BCUT2D eigenvalue weighted by Gasteiger charge is -2.14. The topological polar surface area (TPSA) is 59.1 Å². The molecule has 1 heterocycles. The highest BCUT2D eigenvalue weighted by Gasteiger charge is 2.21. The van der Waals surface area contributed by atoms with Crippen molar-refractivity contribution in [2.24, 2.45) is 0 Å². The van der Waals surface area contributed by atoms with Gasteiger partial charge in [0.1, 0.15) is 0 Å².